The predicted molar refractivity (Wildman–Crippen MR) is 55.9 cm³/mol. The molecule has 0 bridgehead atoms. The van der Waals surface area contributed by atoms with Gasteiger partial charge in [0.1, 0.15) is 0 Å². The van der Waals surface area contributed by atoms with Gasteiger partial charge >= 0.3 is 5.97 Å². The molecule has 1 rings (SSSR count). The minimum absolute atomic E-state index is 0.288. The molecule has 6 nitrogen and oxygen atoms in total. The van der Waals surface area contributed by atoms with E-state index in [1.807, 2.05) is 0 Å². The van der Waals surface area contributed by atoms with Crippen LogP contribution >= 0.6 is 0 Å². The third-order valence-electron chi connectivity index (χ3n) is 2.00. The molecule has 1 amide bonds. The van der Waals surface area contributed by atoms with Crippen molar-refractivity contribution in [2.75, 3.05) is 5.06 Å². The van der Waals surface area contributed by atoms with E-state index in [2.05, 4.69) is 0 Å². The summed E-state index contributed by atoms with van der Waals surface area (Å²) in [6, 6.07) is 6.68. The van der Waals surface area contributed by atoms with E-state index in [0.717, 1.165) is 0 Å². The molecule has 0 aliphatic heterocycles. The summed E-state index contributed by atoms with van der Waals surface area (Å²) < 4.78 is 0. The average molecular weight is 224 g/mol. The molecule has 0 saturated heterocycles. The number of hydroxylamine groups is 1. The van der Waals surface area contributed by atoms with E-state index >= 15 is 0 Å². The summed E-state index contributed by atoms with van der Waals surface area (Å²) >= 11 is 0. The zero-order valence-corrected chi connectivity index (χ0v) is 8.41. The fourth-order valence-electron chi connectivity index (χ4n) is 1.23. The lowest BCUT2D eigenvalue weighted by atomic mass is 10.2. The molecule has 86 valence electrons. The second-order valence-corrected chi connectivity index (χ2v) is 3.20. The highest BCUT2D eigenvalue weighted by atomic mass is 16.5. The van der Waals surface area contributed by atoms with Crippen LogP contribution in [0.25, 0.3) is 0 Å². The Morgan fingerprint density at radius 3 is 2.31 bits per heavy atom. The smallest absolute Gasteiger partial charge is 0.329 e. The molecule has 0 aliphatic rings. The second kappa shape index (κ2) is 5.13. The molecule has 0 heterocycles. The number of primary amides is 1. The number of aliphatic carboxylic acids is 1. The number of hydrogen-bond acceptors (Lipinski definition) is 4. The van der Waals surface area contributed by atoms with Crippen molar-refractivity contribution in [2.24, 2.45) is 5.73 Å². The van der Waals surface area contributed by atoms with Crippen LogP contribution in [0.3, 0.4) is 0 Å². The first-order valence-electron chi connectivity index (χ1n) is 4.56. The molecule has 4 N–H and O–H groups in total. The van der Waals surface area contributed by atoms with Crippen molar-refractivity contribution < 1.29 is 19.9 Å². The molecule has 6 heteroatoms. The lowest BCUT2D eigenvalue weighted by molar-refractivity contribution is -0.142. The number of carboxylic acid groups (broad SMARTS) is 1. The summed E-state index contributed by atoms with van der Waals surface area (Å²) in [5.41, 5.74) is 5.20. The number of anilines is 1. The van der Waals surface area contributed by atoms with E-state index in [9.17, 15) is 14.8 Å². The van der Waals surface area contributed by atoms with Crippen molar-refractivity contribution in [3.63, 3.8) is 0 Å². The maximum Gasteiger partial charge on any atom is 0.329 e. The SMILES string of the molecule is NC(=O)C[C@@H](C(=O)O)N(O)c1ccccc1. The summed E-state index contributed by atoms with van der Waals surface area (Å²) in [6.45, 7) is 0. The summed E-state index contributed by atoms with van der Waals surface area (Å²) in [7, 11) is 0. The average Bonchev–Trinajstić information content (AvgIpc) is 2.25. The molecule has 0 aliphatic carbocycles. The van der Waals surface area contributed by atoms with Gasteiger partial charge in [-0.15, -0.1) is 0 Å². The summed E-state index contributed by atoms with van der Waals surface area (Å²) in [5.74, 6) is -2.10. The third kappa shape index (κ3) is 2.96. The molecule has 1 aromatic rings. The molecule has 0 aromatic heterocycles. The van der Waals surface area contributed by atoms with Crippen LogP contribution in [0.4, 0.5) is 5.69 Å². The van der Waals surface area contributed by atoms with Crippen LogP contribution in [0.1, 0.15) is 6.42 Å². The maximum absolute atomic E-state index is 10.8. The Balaban J connectivity index is 2.87. The van der Waals surface area contributed by atoms with Crippen molar-refractivity contribution in [2.45, 2.75) is 12.5 Å². The van der Waals surface area contributed by atoms with Gasteiger partial charge in [-0.3, -0.25) is 10.0 Å². The first-order chi connectivity index (χ1) is 7.52. The van der Waals surface area contributed by atoms with Gasteiger partial charge < -0.3 is 10.8 Å². The van der Waals surface area contributed by atoms with Gasteiger partial charge in [0.05, 0.1) is 12.1 Å². The Labute approximate surface area is 91.9 Å². The Kier molecular flexibility index (Phi) is 3.84. The van der Waals surface area contributed by atoms with Crippen LogP contribution in [0, 0.1) is 0 Å². The molecule has 16 heavy (non-hydrogen) atoms. The van der Waals surface area contributed by atoms with Crippen LogP contribution < -0.4 is 10.8 Å². The molecular weight excluding hydrogens is 212 g/mol. The molecular formula is C10H12N2O4. The van der Waals surface area contributed by atoms with Crippen molar-refractivity contribution in [1.29, 1.82) is 0 Å². The van der Waals surface area contributed by atoms with Gasteiger partial charge in [-0.2, -0.15) is 0 Å². The molecule has 0 saturated carbocycles. The van der Waals surface area contributed by atoms with Gasteiger partial charge in [0, 0.05) is 0 Å². The van der Waals surface area contributed by atoms with Crippen molar-refractivity contribution in [3.8, 4) is 0 Å². The van der Waals surface area contributed by atoms with Crippen molar-refractivity contribution in [3.05, 3.63) is 30.3 Å². The van der Waals surface area contributed by atoms with Gasteiger partial charge in [-0.25, -0.2) is 9.86 Å². The minimum Gasteiger partial charge on any atom is -0.480 e. The number of nitrogens with zero attached hydrogens (tertiary/aromatic N) is 1. The Hall–Kier alpha value is -2.08. The molecule has 0 radical (unpaired) electrons. The standard InChI is InChI=1S/C10H12N2O4/c11-9(13)6-8(10(14)15)12(16)7-4-2-1-3-5-7/h1-5,8,16H,6H2,(H2,11,13)(H,14,15)/t8-/m0/s1. The monoisotopic (exact) mass is 224 g/mol. The lowest BCUT2D eigenvalue weighted by Crippen LogP contribution is -2.41. The Morgan fingerprint density at radius 2 is 1.88 bits per heavy atom. The number of para-hydroxylation sites is 1. The second-order valence-electron chi connectivity index (χ2n) is 3.20. The van der Waals surface area contributed by atoms with Gasteiger partial charge in [0.25, 0.3) is 0 Å². The van der Waals surface area contributed by atoms with Gasteiger partial charge in [0.15, 0.2) is 6.04 Å². The van der Waals surface area contributed by atoms with Crippen molar-refractivity contribution in [1.82, 2.24) is 0 Å². The number of nitrogens with two attached hydrogens (primary N) is 1. The first-order valence-corrected chi connectivity index (χ1v) is 4.56. The van der Waals surface area contributed by atoms with Gasteiger partial charge in [-0.05, 0) is 12.1 Å². The largest absolute Gasteiger partial charge is 0.480 e. The zero-order valence-electron chi connectivity index (χ0n) is 8.41. The normalized spacial score (nSPS) is 11.8. The van der Waals surface area contributed by atoms with Crippen LogP contribution in [0.15, 0.2) is 30.3 Å². The quantitative estimate of drug-likeness (QED) is 0.620. The van der Waals surface area contributed by atoms with E-state index in [1.165, 1.54) is 12.1 Å². The number of carboxylic acids is 1. The Morgan fingerprint density at radius 1 is 1.31 bits per heavy atom. The number of benzene rings is 1. The molecule has 0 unspecified atom stereocenters. The summed E-state index contributed by atoms with van der Waals surface area (Å²) in [5, 5.41) is 19.0. The summed E-state index contributed by atoms with van der Waals surface area (Å²) in [4.78, 5) is 21.5. The van der Waals surface area contributed by atoms with E-state index in [1.54, 1.807) is 18.2 Å². The third-order valence-corrected chi connectivity index (χ3v) is 2.00. The van der Waals surface area contributed by atoms with E-state index < -0.39 is 24.3 Å². The lowest BCUT2D eigenvalue weighted by Gasteiger charge is -2.23. The number of amides is 1. The van der Waals surface area contributed by atoms with Crippen LogP contribution in [0.5, 0.6) is 0 Å². The van der Waals surface area contributed by atoms with Gasteiger partial charge in [-0.1, -0.05) is 18.2 Å². The number of hydrogen-bond donors (Lipinski definition) is 3. The topological polar surface area (TPSA) is 104 Å². The fourth-order valence-corrected chi connectivity index (χ4v) is 1.23. The van der Waals surface area contributed by atoms with Crippen molar-refractivity contribution >= 4 is 17.6 Å². The molecule has 1 aromatic carbocycles. The van der Waals surface area contributed by atoms with Crippen LogP contribution in [0.2, 0.25) is 0 Å². The minimum atomic E-state index is -1.38. The summed E-state index contributed by atoms with van der Waals surface area (Å²) in [6.07, 6.45) is -0.458. The maximum atomic E-state index is 10.8. The number of carbonyl (C=O) groups excluding carboxylic acids is 1. The highest BCUT2D eigenvalue weighted by Crippen LogP contribution is 2.15. The van der Waals surface area contributed by atoms with E-state index in [4.69, 9.17) is 10.8 Å². The Bertz CT molecular complexity index is 380. The predicted octanol–water partition coefficient (Wildman–Crippen LogP) is 0.211. The first kappa shape index (κ1) is 12.0. The van der Waals surface area contributed by atoms with Crippen LogP contribution in [-0.4, -0.2) is 28.2 Å². The molecule has 1 atom stereocenters. The fraction of sp³-hybridized carbons (Fsp3) is 0.200. The molecule has 0 spiro atoms. The highest BCUT2D eigenvalue weighted by Gasteiger charge is 2.26. The van der Waals surface area contributed by atoms with E-state index in [-0.39, 0.29) is 5.69 Å². The highest BCUT2D eigenvalue weighted by molar-refractivity contribution is 5.85. The zero-order chi connectivity index (χ0) is 12.1. The molecule has 0 fully saturated rings. The van der Waals surface area contributed by atoms with Crippen LogP contribution in [-0.2, 0) is 9.59 Å². The number of rotatable bonds is 5. The number of carbonyl (C=O) groups is 2. The van der Waals surface area contributed by atoms with E-state index in [0.29, 0.717) is 5.06 Å². The van der Waals surface area contributed by atoms with Gasteiger partial charge in [0.2, 0.25) is 5.91 Å².